The number of phenols is 1. The van der Waals surface area contributed by atoms with E-state index in [2.05, 4.69) is 10.1 Å². The highest BCUT2D eigenvalue weighted by atomic mass is 35.5. The van der Waals surface area contributed by atoms with Gasteiger partial charge in [-0.3, -0.25) is 9.78 Å². The van der Waals surface area contributed by atoms with Crippen molar-refractivity contribution in [3.63, 3.8) is 0 Å². The summed E-state index contributed by atoms with van der Waals surface area (Å²) in [5.74, 6) is 0.527. The molecule has 0 saturated heterocycles. The van der Waals surface area contributed by atoms with Crippen LogP contribution in [0.5, 0.6) is 5.75 Å². The predicted molar refractivity (Wildman–Crippen MR) is 119 cm³/mol. The maximum atomic E-state index is 12.3. The van der Waals surface area contributed by atoms with Crippen molar-refractivity contribution in [1.29, 1.82) is 5.26 Å². The van der Waals surface area contributed by atoms with Gasteiger partial charge in [0.1, 0.15) is 11.8 Å². The van der Waals surface area contributed by atoms with E-state index in [0.717, 1.165) is 26.9 Å². The number of nitrogens with zero attached hydrogens (tertiary/aromatic N) is 3. The number of hydrogen-bond acceptors (Lipinski definition) is 5. The molecule has 31 heavy (non-hydrogen) atoms. The number of nitriles is 1. The first kappa shape index (κ1) is 22.3. The molecule has 0 bridgehead atoms. The monoisotopic (exact) mass is 438 g/mol. The molecule has 0 saturated carbocycles. The van der Waals surface area contributed by atoms with Crippen LogP contribution in [0.1, 0.15) is 67.5 Å². The lowest BCUT2D eigenvalue weighted by Crippen LogP contribution is -2.33. The third-order valence-electron chi connectivity index (χ3n) is 5.11. The van der Waals surface area contributed by atoms with E-state index in [0.29, 0.717) is 17.1 Å². The van der Waals surface area contributed by atoms with Gasteiger partial charge in [0.05, 0.1) is 5.69 Å². The molecular formula is C23H23ClN4O3. The second-order valence-electron chi connectivity index (χ2n) is 8.01. The minimum Gasteiger partial charge on any atom is -0.508 e. The molecule has 0 unspecified atom stereocenters. The van der Waals surface area contributed by atoms with Crippen LogP contribution in [0.4, 0.5) is 0 Å². The van der Waals surface area contributed by atoms with Gasteiger partial charge >= 0.3 is 5.69 Å². The van der Waals surface area contributed by atoms with Crippen molar-refractivity contribution >= 4 is 11.6 Å². The van der Waals surface area contributed by atoms with Gasteiger partial charge in [0.2, 0.25) is 5.69 Å². The van der Waals surface area contributed by atoms with Gasteiger partial charge in [-0.1, -0.05) is 51.4 Å². The average Bonchev–Trinajstić information content (AvgIpc) is 2.70. The highest BCUT2D eigenvalue weighted by Gasteiger charge is 2.17. The summed E-state index contributed by atoms with van der Waals surface area (Å²) in [6.45, 7) is 8.06. The van der Waals surface area contributed by atoms with Gasteiger partial charge in [0.15, 0.2) is 0 Å². The maximum Gasteiger partial charge on any atom is 0.349 e. The Labute approximate surface area is 184 Å². The molecule has 3 aromatic rings. The van der Waals surface area contributed by atoms with Gasteiger partial charge in [0, 0.05) is 5.02 Å². The fourth-order valence-corrected chi connectivity index (χ4v) is 3.78. The zero-order valence-corrected chi connectivity index (χ0v) is 18.5. The number of nitrogens with one attached hydrogen (secondary N) is 1. The largest absolute Gasteiger partial charge is 0.508 e. The molecule has 8 heteroatoms. The lowest BCUT2D eigenvalue weighted by atomic mass is 9.90. The van der Waals surface area contributed by atoms with E-state index in [-0.39, 0.29) is 17.6 Å². The zero-order chi connectivity index (χ0) is 22.9. The third kappa shape index (κ3) is 4.54. The van der Waals surface area contributed by atoms with E-state index in [1.54, 1.807) is 24.3 Å². The number of halogens is 1. The van der Waals surface area contributed by atoms with Gasteiger partial charge < -0.3 is 5.11 Å². The summed E-state index contributed by atoms with van der Waals surface area (Å²) in [5.41, 5.74) is 2.07. The first-order chi connectivity index (χ1) is 14.6. The minimum absolute atomic E-state index is 0.0861. The Morgan fingerprint density at radius 3 is 2.42 bits per heavy atom. The van der Waals surface area contributed by atoms with Crippen LogP contribution in [0.3, 0.4) is 0 Å². The molecule has 7 nitrogen and oxygen atoms in total. The summed E-state index contributed by atoms with van der Waals surface area (Å²) in [5, 5.41) is 23.5. The molecular weight excluding hydrogens is 416 g/mol. The van der Waals surface area contributed by atoms with Gasteiger partial charge in [-0.15, -0.1) is 5.10 Å². The Hall–Kier alpha value is -3.37. The van der Waals surface area contributed by atoms with Crippen molar-refractivity contribution in [2.45, 2.75) is 46.0 Å². The minimum atomic E-state index is -0.830. The number of rotatable bonds is 5. The fourth-order valence-electron chi connectivity index (χ4n) is 3.50. The first-order valence-electron chi connectivity index (χ1n) is 9.90. The molecule has 0 atom stereocenters. The topological polar surface area (TPSA) is 112 Å². The van der Waals surface area contributed by atoms with E-state index in [1.807, 2.05) is 39.8 Å². The van der Waals surface area contributed by atoms with Crippen LogP contribution in [0, 0.1) is 11.3 Å². The molecule has 0 fully saturated rings. The number of H-pyrrole nitrogens is 1. The van der Waals surface area contributed by atoms with Crippen LogP contribution in [0.2, 0.25) is 5.02 Å². The normalized spacial score (nSPS) is 11.2. The van der Waals surface area contributed by atoms with E-state index < -0.39 is 16.9 Å². The Morgan fingerprint density at radius 2 is 1.81 bits per heavy atom. The molecule has 0 aliphatic heterocycles. The Balaban J connectivity index is 2.14. The number of hydrogen-bond donors (Lipinski definition) is 2. The zero-order valence-electron chi connectivity index (χ0n) is 17.7. The third-order valence-corrected chi connectivity index (χ3v) is 5.45. The molecule has 2 N–H and O–H groups in total. The quantitative estimate of drug-likeness (QED) is 0.625. The van der Waals surface area contributed by atoms with Crippen LogP contribution < -0.4 is 11.2 Å². The first-order valence-corrected chi connectivity index (χ1v) is 10.3. The van der Waals surface area contributed by atoms with Crippen LogP contribution in [0.25, 0.3) is 5.69 Å². The van der Waals surface area contributed by atoms with E-state index in [1.165, 1.54) is 0 Å². The summed E-state index contributed by atoms with van der Waals surface area (Å²) in [6, 6.07) is 10.6. The standard InChI is InChI=1S/C23H23ClN4O3/c1-12(2)16-9-15(28-23(31)26-22(30)20(11-25)27-28)10-19(24)18(16)8-14-5-6-21(29)17(7-14)13(3)4/h5-7,9-10,12-13,29H,8H2,1-4H3,(H,26,30,31). The Kier molecular flexibility index (Phi) is 6.32. The lowest BCUT2D eigenvalue weighted by Gasteiger charge is -2.18. The second kappa shape index (κ2) is 8.78. The number of aromatic nitrogens is 3. The highest BCUT2D eigenvalue weighted by molar-refractivity contribution is 6.31. The SMILES string of the molecule is CC(C)c1cc(Cc2c(Cl)cc(-n3nc(C#N)c(=O)[nH]c3=O)cc2C(C)C)ccc1O. The number of benzene rings is 2. The molecule has 0 spiro atoms. The van der Waals surface area contributed by atoms with Crippen LogP contribution in [0.15, 0.2) is 39.9 Å². The summed E-state index contributed by atoms with van der Waals surface area (Å²) in [7, 11) is 0. The maximum absolute atomic E-state index is 12.3. The van der Waals surface area contributed by atoms with Gasteiger partial charge in [-0.25, -0.2) is 4.79 Å². The molecule has 2 aromatic carbocycles. The van der Waals surface area contributed by atoms with E-state index in [9.17, 15) is 14.7 Å². The number of aromatic hydroxyl groups is 1. The van der Waals surface area contributed by atoms with Crippen molar-refractivity contribution in [3.8, 4) is 17.5 Å². The van der Waals surface area contributed by atoms with Gasteiger partial charge in [0.25, 0.3) is 5.56 Å². The number of phenolic OH excluding ortho intramolecular Hbond substituents is 1. The van der Waals surface area contributed by atoms with E-state index >= 15 is 0 Å². The smallest absolute Gasteiger partial charge is 0.349 e. The molecule has 1 aromatic heterocycles. The summed E-state index contributed by atoms with van der Waals surface area (Å²) < 4.78 is 0.971. The van der Waals surface area contributed by atoms with E-state index in [4.69, 9.17) is 16.9 Å². The summed E-state index contributed by atoms with van der Waals surface area (Å²) in [6.07, 6.45) is 0.546. The molecule has 160 valence electrons. The van der Waals surface area contributed by atoms with Crippen molar-refractivity contribution in [1.82, 2.24) is 14.8 Å². The van der Waals surface area contributed by atoms with Crippen LogP contribution in [-0.2, 0) is 6.42 Å². The molecule has 0 radical (unpaired) electrons. The molecule has 0 aliphatic carbocycles. The molecule has 0 aliphatic rings. The van der Waals surface area contributed by atoms with Crippen LogP contribution in [-0.4, -0.2) is 19.9 Å². The predicted octanol–water partition coefficient (Wildman–Crippen LogP) is 3.99. The Bertz CT molecular complexity index is 1300. The van der Waals surface area contributed by atoms with Crippen molar-refractivity contribution in [2.75, 3.05) is 0 Å². The average molecular weight is 439 g/mol. The van der Waals surface area contributed by atoms with Crippen LogP contribution >= 0.6 is 11.6 Å². The molecule has 3 rings (SSSR count). The highest BCUT2D eigenvalue weighted by Crippen LogP contribution is 2.33. The molecule has 1 heterocycles. The second-order valence-corrected chi connectivity index (χ2v) is 8.41. The van der Waals surface area contributed by atoms with Crippen molar-refractivity contribution < 1.29 is 5.11 Å². The fraction of sp³-hybridized carbons (Fsp3) is 0.304. The molecule has 0 amide bonds. The van der Waals surface area contributed by atoms with Gasteiger partial charge in [-0.05, 0) is 58.7 Å². The summed E-state index contributed by atoms with van der Waals surface area (Å²) >= 11 is 6.64. The lowest BCUT2D eigenvalue weighted by molar-refractivity contribution is 0.464. The van der Waals surface area contributed by atoms with Gasteiger partial charge in [-0.2, -0.15) is 9.94 Å². The Morgan fingerprint density at radius 1 is 1.13 bits per heavy atom. The van der Waals surface area contributed by atoms with Crippen molar-refractivity contribution in [2.24, 2.45) is 0 Å². The number of aromatic amines is 1. The summed E-state index contributed by atoms with van der Waals surface area (Å²) in [4.78, 5) is 26.0. The van der Waals surface area contributed by atoms with Crippen molar-refractivity contribution in [3.05, 3.63) is 84.1 Å².